The normalized spacial score (nSPS) is 10.8. The first-order valence-electron chi connectivity index (χ1n) is 8.05. The van der Waals surface area contributed by atoms with E-state index < -0.39 is 0 Å². The van der Waals surface area contributed by atoms with Crippen molar-refractivity contribution in [2.24, 2.45) is 0 Å². The molecule has 136 valence electrons. The molecule has 0 spiro atoms. The minimum Gasteiger partial charge on any atom is -0.493 e. The maximum atomic E-state index is 12.0. The number of benzene rings is 1. The number of nitrogens with zero attached hydrogens (tertiary/aromatic N) is 3. The van der Waals surface area contributed by atoms with Crippen molar-refractivity contribution in [2.45, 2.75) is 31.5 Å². The Morgan fingerprint density at radius 3 is 2.72 bits per heavy atom. The Hall–Kier alpha value is -2.22. The summed E-state index contributed by atoms with van der Waals surface area (Å²) < 4.78 is 12.4. The van der Waals surface area contributed by atoms with Crippen LogP contribution in [-0.4, -0.2) is 47.2 Å². The fraction of sp³-hybridized carbons (Fsp3) is 0.471. The topological polar surface area (TPSA) is 78.3 Å². The van der Waals surface area contributed by atoms with Gasteiger partial charge in [-0.3, -0.25) is 4.79 Å². The molecule has 0 saturated carbocycles. The molecule has 1 aromatic heterocycles. The van der Waals surface area contributed by atoms with Gasteiger partial charge >= 0.3 is 0 Å². The number of methoxy groups -OCH3 is 2. The van der Waals surface area contributed by atoms with Crippen LogP contribution in [-0.2, 0) is 11.2 Å². The Morgan fingerprint density at radius 2 is 2.04 bits per heavy atom. The number of ether oxygens (including phenoxy) is 2. The number of carbonyl (C=O) groups is 1. The third-order valence-electron chi connectivity index (χ3n) is 3.61. The third kappa shape index (κ3) is 5.38. The number of carbonyl (C=O) groups excluding carboxylic acids is 1. The average molecular weight is 364 g/mol. The summed E-state index contributed by atoms with van der Waals surface area (Å²) in [6.45, 7) is 4.67. The van der Waals surface area contributed by atoms with Gasteiger partial charge in [-0.1, -0.05) is 17.8 Å². The Balaban J connectivity index is 1.78. The summed E-state index contributed by atoms with van der Waals surface area (Å²) in [5.74, 6) is 1.68. The molecule has 0 aliphatic rings. The van der Waals surface area contributed by atoms with E-state index in [-0.39, 0.29) is 11.9 Å². The lowest BCUT2D eigenvalue weighted by molar-refractivity contribution is -0.118. The number of amides is 1. The van der Waals surface area contributed by atoms with Crippen LogP contribution < -0.4 is 14.8 Å². The van der Waals surface area contributed by atoms with Crippen LogP contribution in [0, 0.1) is 0 Å². The Morgan fingerprint density at radius 1 is 1.28 bits per heavy atom. The highest BCUT2D eigenvalue weighted by molar-refractivity contribution is 7.99. The van der Waals surface area contributed by atoms with E-state index in [0.717, 1.165) is 17.1 Å². The molecule has 1 amide bonds. The van der Waals surface area contributed by atoms with Crippen molar-refractivity contribution >= 4 is 17.7 Å². The molecule has 0 fully saturated rings. The van der Waals surface area contributed by atoms with E-state index in [9.17, 15) is 4.79 Å². The van der Waals surface area contributed by atoms with E-state index in [1.807, 2.05) is 22.8 Å². The van der Waals surface area contributed by atoms with Crippen LogP contribution in [0.25, 0.3) is 0 Å². The first-order valence-corrected chi connectivity index (χ1v) is 9.03. The predicted octanol–water partition coefficient (Wildman–Crippen LogP) is 2.33. The molecule has 0 radical (unpaired) electrons. The molecule has 1 N–H and O–H groups in total. The van der Waals surface area contributed by atoms with Crippen LogP contribution >= 0.6 is 11.8 Å². The molecule has 25 heavy (non-hydrogen) atoms. The summed E-state index contributed by atoms with van der Waals surface area (Å²) >= 11 is 1.39. The highest BCUT2D eigenvalue weighted by Crippen LogP contribution is 2.27. The molecule has 0 saturated heterocycles. The maximum absolute atomic E-state index is 12.0. The number of thioether (sulfide) groups is 1. The van der Waals surface area contributed by atoms with Crippen LogP contribution in [0.15, 0.2) is 29.7 Å². The van der Waals surface area contributed by atoms with E-state index in [4.69, 9.17) is 9.47 Å². The quantitative estimate of drug-likeness (QED) is 0.688. The van der Waals surface area contributed by atoms with Gasteiger partial charge in [0.1, 0.15) is 6.33 Å². The van der Waals surface area contributed by atoms with Crippen molar-refractivity contribution in [3.05, 3.63) is 30.1 Å². The first-order chi connectivity index (χ1) is 12.0. The summed E-state index contributed by atoms with van der Waals surface area (Å²) in [5.41, 5.74) is 1.07. The van der Waals surface area contributed by atoms with E-state index in [1.165, 1.54) is 11.8 Å². The second-order valence-corrected chi connectivity index (χ2v) is 6.63. The summed E-state index contributed by atoms with van der Waals surface area (Å²) in [7, 11) is 3.21. The summed E-state index contributed by atoms with van der Waals surface area (Å²) in [4.78, 5) is 12.0. The molecule has 2 aromatic rings. The molecule has 7 nitrogen and oxygen atoms in total. The molecule has 2 rings (SSSR count). The fourth-order valence-corrected chi connectivity index (χ4v) is 3.13. The molecule has 0 aliphatic heterocycles. The van der Waals surface area contributed by atoms with Gasteiger partial charge in [-0.15, -0.1) is 10.2 Å². The van der Waals surface area contributed by atoms with Gasteiger partial charge in [-0.2, -0.15) is 0 Å². The zero-order valence-electron chi connectivity index (χ0n) is 15.0. The van der Waals surface area contributed by atoms with Gasteiger partial charge in [0, 0.05) is 12.6 Å². The SMILES string of the molecule is COc1ccc(CCNC(=O)CSc2nncn2C(C)C)cc1OC. The molecular formula is C17H24N4O3S. The molecule has 0 aliphatic carbocycles. The Labute approximate surface area is 152 Å². The molecule has 0 bridgehead atoms. The molecule has 8 heteroatoms. The molecular weight excluding hydrogens is 340 g/mol. The Bertz CT molecular complexity index is 703. The van der Waals surface area contributed by atoms with Crippen LogP contribution in [0.2, 0.25) is 0 Å². The maximum Gasteiger partial charge on any atom is 0.230 e. The molecule has 0 atom stereocenters. The summed E-state index contributed by atoms with van der Waals surface area (Å²) in [5, 5.41) is 11.6. The van der Waals surface area contributed by atoms with Crippen molar-refractivity contribution in [3.63, 3.8) is 0 Å². The van der Waals surface area contributed by atoms with Gasteiger partial charge < -0.3 is 19.4 Å². The second-order valence-electron chi connectivity index (χ2n) is 5.69. The van der Waals surface area contributed by atoms with Crippen molar-refractivity contribution in [2.75, 3.05) is 26.5 Å². The van der Waals surface area contributed by atoms with Gasteiger partial charge in [0.05, 0.1) is 20.0 Å². The first kappa shape index (κ1) is 19.1. The van der Waals surface area contributed by atoms with Crippen molar-refractivity contribution in [1.29, 1.82) is 0 Å². The zero-order valence-corrected chi connectivity index (χ0v) is 15.8. The number of hydrogen-bond acceptors (Lipinski definition) is 6. The smallest absolute Gasteiger partial charge is 0.230 e. The second kappa shape index (κ2) is 9.31. The van der Waals surface area contributed by atoms with Gasteiger partial charge in [0.25, 0.3) is 0 Å². The number of aromatic nitrogens is 3. The lowest BCUT2D eigenvalue weighted by Gasteiger charge is -2.11. The van der Waals surface area contributed by atoms with Crippen molar-refractivity contribution in [1.82, 2.24) is 20.1 Å². The van der Waals surface area contributed by atoms with E-state index in [2.05, 4.69) is 29.4 Å². The standard InChI is InChI=1S/C17H24N4O3S/c1-12(2)21-11-19-20-17(21)25-10-16(22)18-8-7-13-5-6-14(23-3)15(9-13)24-4/h5-6,9,11-12H,7-8,10H2,1-4H3,(H,18,22). The van der Waals surface area contributed by atoms with Gasteiger partial charge in [-0.25, -0.2) is 0 Å². The zero-order chi connectivity index (χ0) is 18.2. The van der Waals surface area contributed by atoms with Crippen LogP contribution in [0.4, 0.5) is 0 Å². The largest absolute Gasteiger partial charge is 0.493 e. The summed E-state index contributed by atoms with van der Waals surface area (Å²) in [6.07, 6.45) is 2.40. The van der Waals surface area contributed by atoms with Crippen LogP contribution in [0.5, 0.6) is 11.5 Å². The van der Waals surface area contributed by atoms with Crippen molar-refractivity contribution in [3.8, 4) is 11.5 Å². The summed E-state index contributed by atoms with van der Waals surface area (Å²) in [6, 6.07) is 6.02. The van der Waals surface area contributed by atoms with Gasteiger partial charge in [0.2, 0.25) is 5.91 Å². The van der Waals surface area contributed by atoms with Crippen LogP contribution in [0.3, 0.4) is 0 Å². The molecule has 1 aromatic carbocycles. The van der Waals surface area contributed by atoms with Gasteiger partial charge in [0.15, 0.2) is 16.7 Å². The van der Waals surface area contributed by atoms with Gasteiger partial charge in [-0.05, 0) is 38.0 Å². The Kier molecular flexibility index (Phi) is 7.12. The number of nitrogens with one attached hydrogen (secondary N) is 1. The highest BCUT2D eigenvalue weighted by atomic mass is 32.2. The third-order valence-corrected chi connectivity index (χ3v) is 4.57. The number of hydrogen-bond donors (Lipinski definition) is 1. The predicted molar refractivity (Wildman–Crippen MR) is 97.4 cm³/mol. The van der Waals surface area contributed by atoms with E-state index in [0.29, 0.717) is 23.8 Å². The van der Waals surface area contributed by atoms with Crippen molar-refractivity contribution < 1.29 is 14.3 Å². The minimum atomic E-state index is -0.0243. The fourth-order valence-electron chi connectivity index (χ4n) is 2.25. The highest BCUT2D eigenvalue weighted by Gasteiger charge is 2.10. The molecule has 0 unspecified atom stereocenters. The monoisotopic (exact) mass is 364 g/mol. The average Bonchev–Trinajstić information content (AvgIpc) is 3.08. The van der Waals surface area contributed by atoms with E-state index >= 15 is 0 Å². The van der Waals surface area contributed by atoms with Crippen LogP contribution in [0.1, 0.15) is 25.5 Å². The lowest BCUT2D eigenvalue weighted by atomic mass is 10.1. The lowest BCUT2D eigenvalue weighted by Crippen LogP contribution is -2.27. The van der Waals surface area contributed by atoms with E-state index in [1.54, 1.807) is 20.5 Å². The number of rotatable bonds is 9. The minimum absolute atomic E-state index is 0.0243. The molecule has 1 heterocycles.